The van der Waals surface area contributed by atoms with Gasteiger partial charge < -0.3 is 10.2 Å². The lowest BCUT2D eigenvalue weighted by Gasteiger charge is -2.34. The summed E-state index contributed by atoms with van der Waals surface area (Å²) in [6.45, 7) is 7.70. The number of piperazine rings is 1. The van der Waals surface area contributed by atoms with Crippen molar-refractivity contribution in [2.75, 3.05) is 37.6 Å². The van der Waals surface area contributed by atoms with Crippen LogP contribution in [-0.4, -0.2) is 59.8 Å². The summed E-state index contributed by atoms with van der Waals surface area (Å²) < 4.78 is 0. The first kappa shape index (κ1) is 15.0. The topological polar surface area (TPSA) is 61.4 Å². The quantitative estimate of drug-likeness (QED) is 0.890. The molecule has 1 aliphatic rings. The average molecular weight is 298 g/mol. The van der Waals surface area contributed by atoms with E-state index in [1.165, 1.54) is 6.20 Å². The molecule has 7 heteroatoms. The van der Waals surface area contributed by atoms with Crippen molar-refractivity contribution in [3.05, 3.63) is 17.3 Å². The van der Waals surface area contributed by atoms with Crippen LogP contribution in [0.4, 0.5) is 5.82 Å². The van der Waals surface area contributed by atoms with Crippen molar-refractivity contribution in [2.24, 2.45) is 0 Å². The van der Waals surface area contributed by atoms with Gasteiger partial charge in [0.2, 0.25) is 5.91 Å². The van der Waals surface area contributed by atoms with E-state index in [0.717, 1.165) is 32.0 Å². The Kier molecular flexibility index (Phi) is 5.14. The highest BCUT2D eigenvalue weighted by atomic mass is 35.5. The first-order chi connectivity index (χ1) is 9.54. The molecule has 1 aliphatic heterocycles. The maximum absolute atomic E-state index is 11.7. The van der Waals surface area contributed by atoms with E-state index in [4.69, 9.17) is 11.6 Å². The second kappa shape index (κ2) is 6.85. The number of carbonyl (C=O) groups excluding carboxylic acids is 1. The molecule has 1 aromatic heterocycles. The summed E-state index contributed by atoms with van der Waals surface area (Å²) in [7, 11) is 0. The van der Waals surface area contributed by atoms with Crippen LogP contribution < -0.4 is 10.2 Å². The summed E-state index contributed by atoms with van der Waals surface area (Å²) >= 11 is 5.92. The molecule has 2 rings (SSSR count). The SMILES string of the molecule is CC(C)NC(=O)CN1CCN(c2cc(Cl)cnn2)CC1. The highest BCUT2D eigenvalue weighted by Crippen LogP contribution is 2.16. The minimum Gasteiger partial charge on any atom is -0.353 e. The molecule has 2 heterocycles. The molecule has 6 nitrogen and oxygen atoms in total. The Morgan fingerprint density at radius 1 is 1.40 bits per heavy atom. The Morgan fingerprint density at radius 2 is 2.10 bits per heavy atom. The van der Waals surface area contributed by atoms with Gasteiger partial charge in [0.05, 0.1) is 17.8 Å². The average Bonchev–Trinajstić information content (AvgIpc) is 2.38. The van der Waals surface area contributed by atoms with Crippen LogP contribution in [0.15, 0.2) is 12.3 Å². The standard InChI is InChI=1S/C13H20ClN5O/c1-10(2)16-13(20)9-18-3-5-19(6-4-18)12-7-11(14)8-15-17-12/h7-8,10H,3-6,9H2,1-2H3,(H,16,20). The lowest BCUT2D eigenvalue weighted by Crippen LogP contribution is -2.50. The summed E-state index contributed by atoms with van der Waals surface area (Å²) in [6.07, 6.45) is 1.53. The van der Waals surface area contributed by atoms with Gasteiger partial charge in [-0.05, 0) is 13.8 Å². The van der Waals surface area contributed by atoms with Crippen LogP contribution in [0.1, 0.15) is 13.8 Å². The maximum Gasteiger partial charge on any atom is 0.234 e. The molecule has 1 saturated heterocycles. The van der Waals surface area contributed by atoms with Gasteiger partial charge in [0.25, 0.3) is 0 Å². The van der Waals surface area contributed by atoms with E-state index in [9.17, 15) is 4.79 Å². The molecule has 0 atom stereocenters. The summed E-state index contributed by atoms with van der Waals surface area (Å²) in [4.78, 5) is 16.0. The van der Waals surface area contributed by atoms with Crippen molar-refractivity contribution in [1.82, 2.24) is 20.4 Å². The maximum atomic E-state index is 11.7. The molecule has 1 fully saturated rings. The molecule has 1 aromatic rings. The Hall–Kier alpha value is -1.40. The number of nitrogens with zero attached hydrogens (tertiary/aromatic N) is 4. The Balaban J connectivity index is 1.82. The molecule has 1 amide bonds. The van der Waals surface area contributed by atoms with Gasteiger partial charge in [-0.25, -0.2) is 0 Å². The second-order valence-corrected chi connectivity index (χ2v) is 5.65. The summed E-state index contributed by atoms with van der Waals surface area (Å²) in [5.41, 5.74) is 0. The Labute approximate surface area is 124 Å². The van der Waals surface area contributed by atoms with Crippen LogP contribution in [0, 0.1) is 0 Å². The van der Waals surface area contributed by atoms with E-state index < -0.39 is 0 Å². The lowest BCUT2D eigenvalue weighted by molar-refractivity contribution is -0.122. The third kappa shape index (κ3) is 4.31. The van der Waals surface area contributed by atoms with Gasteiger partial charge in [0, 0.05) is 38.3 Å². The zero-order valence-electron chi connectivity index (χ0n) is 11.8. The van der Waals surface area contributed by atoms with Crippen LogP contribution >= 0.6 is 11.6 Å². The monoisotopic (exact) mass is 297 g/mol. The number of hydrogen-bond acceptors (Lipinski definition) is 5. The fourth-order valence-corrected chi connectivity index (χ4v) is 2.33. The van der Waals surface area contributed by atoms with E-state index >= 15 is 0 Å². The number of aromatic nitrogens is 2. The molecule has 0 aromatic carbocycles. The number of nitrogens with one attached hydrogen (secondary N) is 1. The minimum absolute atomic E-state index is 0.0796. The lowest BCUT2D eigenvalue weighted by atomic mass is 10.3. The molecule has 0 unspecified atom stereocenters. The fraction of sp³-hybridized carbons (Fsp3) is 0.615. The van der Waals surface area contributed by atoms with Crippen molar-refractivity contribution in [2.45, 2.75) is 19.9 Å². The number of rotatable bonds is 4. The highest BCUT2D eigenvalue weighted by molar-refractivity contribution is 6.30. The Morgan fingerprint density at radius 3 is 2.70 bits per heavy atom. The number of halogens is 1. The van der Waals surface area contributed by atoms with Crippen molar-refractivity contribution >= 4 is 23.3 Å². The van der Waals surface area contributed by atoms with E-state index in [0.29, 0.717) is 11.6 Å². The third-order valence-corrected chi connectivity index (χ3v) is 3.33. The Bertz CT molecular complexity index is 460. The smallest absolute Gasteiger partial charge is 0.234 e. The number of anilines is 1. The van der Waals surface area contributed by atoms with Crippen molar-refractivity contribution in [1.29, 1.82) is 0 Å². The molecular weight excluding hydrogens is 278 g/mol. The number of carbonyl (C=O) groups is 1. The van der Waals surface area contributed by atoms with Crippen LogP contribution in [0.2, 0.25) is 5.02 Å². The van der Waals surface area contributed by atoms with E-state index in [2.05, 4.69) is 25.3 Å². The van der Waals surface area contributed by atoms with E-state index in [1.807, 2.05) is 19.9 Å². The molecule has 0 spiro atoms. The molecule has 0 aliphatic carbocycles. The number of hydrogen-bond donors (Lipinski definition) is 1. The fourth-order valence-electron chi connectivity index (χ4n) is 2.19. The van der Waals surface area contributed by atoms with Crippen LogP contribution in [0.25, 0.3) is 0 Å². The summed E-state index contributed by atoms with van der Waals surface area (Å²) in [5.74, 6) is 0.875. The molecule has 1 N–H and O–H groups in total. The first-order valence-electron chi connectivity index (χ1n) is 6.79. The molecular formula is C13H20ClN5O. The van der Waals surface area contributed by atoms with Crippen LogP contribution in [0.3, 0.4) is 0 Å². The molecule has 0 radical (unpaired) electrons. The zero-order valence-corrected chi connectivity index (χ0v) is 12.6. The van der Waals surface area contributed by atoms with Crippen molar-refractivity contribution < 1.29 is 4.79 Å². The van der Waals surface area contributed by atoms with E-state index in [1.54, 1.807) is 0 Å². The predicted octanol–water partition coefficient (Wildman–Crippen LogP) is 0.777. The van der Waals surface area contributed by atoms with Gasteiger partial charge in [-0.3, -0.25) is 9.69 Å². The van der Waals surface area contributed by atoms with Crippen molar-refractivity contribution in [3.63, 3.8) is 0 Å². The van der Waals surface area contributed by atoms with Gasteiger partial charge in [-0.1, -0.05) is 11.6 Å². The molecule has 0 bridgehead atoms. The number of amides is 1. The second-order valence-electron chi connectivity index (χ2n) is 5.22. The zero-order chi connectivity index (χ0) is 14.5. The van der Waals surface area contributed by atoms with Gasteiger partial charge >= 0.3 is 0 Å². The minimum atomic E-state index is 0.0796. The predicted molar refractivity (Wildman–Crippen MR) is 79.0 cm³/mol. The highest BCUT2D eigenvalue weighted by Gasteiger charge is 2.20. The first-order valence-corrected chi connectivity index (χ1v) is 7.17. The molecule has 0 saturated carbocycles. The molecule has 20 heavy (non-hydrogen) atoms. The summed E-state index contributed by atoms with van der Waals surface area (Å²) in [6, 6.07) is 2.00. The molecule has 110 valence electrons. The van der Waals surface area contributed by atoms with Crippen LogP contribution in [0.5, 0.6) is 0 Å². The van der Waals surface area contributed by atoms with Gasteiger partial charge in [0.15, 0.2) is 5.82 Å². The van der Waals surface area contributed by atoms with Gasteiger partial charge in [-0.2, -0.15) is 5.10 Å². The van der Waals surface area contributed by atoms with Gasteiger partial charge in [0.1, 0.15) is 0 Å². The largest absolute Gasteiger partial charge is 0.353 e. The van der Waals surface area contributed by atoms with Crippen LogP contribution in [-0.2, 0) is 4.79 Å². The van der Waals surface area contributed by atoms with E-state index in [-0.39, 0.29) is 11.9 Å². The van der Waals surface area contributed by atoms with Crippen molar-refractivity contribution in [3.8, 4) is 0 Å². The third-order valence-electron chi connectivity index (χ3n) is 3.12. The van der Waals surface area contributed by atoms with Gasteiger partial charge in [-0.15, -0.1) is 5.10 Å². The normalized spacial score (nSPS) is 16.5. The summed E-state index contributed by atoms with van der Waals surface area (Å²) in [5, 5.41) is 11.4.